The average molecular weight is 540 g/mol. The van der Waals surface area contributed by atoms with Gasteiger partial charge in [0.05, 0.1) is 33.5 Å². The first-order valence-corrected chi connectivity index (χ1v) is 13.3. The number of rotatable bonds is 9. The number of hydrogen-bond donors (Lipinski definition) is 0. The number of benzene rings is 2. The molecule has 3 aromatic rings. The maximum absolute atomic E-state index is 15.5. The molecule has 0 bridgehead atoms. The van der Waals surface area contributed by atoms with Gasteiger partial charge in [0, 0.05) is 43.9 Å². The van der Waals surface area contributed by atoms with Crippen molar-refractivity contribution in [1.82, 2.24) is 4.98 Å². The van der Waals surface area contributed by atoms with Gasteiger partial charge in [0.15, 0.2) is 0 Å². The highest BCUT2D eigenvalue weighted by Crippen LogP contribution is 2.39. The molecule has 0 saturated carbocycles. The van der Waals surface area contributed by atoms with Crippen molar-refractivity contribution >= 4 is 11.5 Å². The Balaban J connectivity index is 1.44. The molecule has 1 aromatic heterocycles. The third-order valence-electron chi connectivity index (χ3n) is 7.35. The largest absolute Gasteiger partial charge is 0.497 e. The van der Waals surface area contributed by atoms with Gasteiger partial charge in [0.1, 0.15) is 23.9 Å². The van der Waals surface area contributed by atoms with Gasteiger partial charge in [-0.1, -0.05) is 24.3 Å². The SMILES string of the molecule is COc1ccc(COc2cc(N3CCOCC3)cc(N3CCCC(F)(F)C3Cc3ccc(OC)cc3)n2)cc1. The van der Waals surface area contributed by atoms with E-state index in [0.29, 0.717) is 63.3 Å². The van der Waals surface area contributed by atoms with Crippen molar-refractivity contribution in [2.75, 3.05) is 56.9 Å². The Kier molecular flexibility index (Phi) is 8.35. The van der Waals surface area contributed by atoms with E-state index in [9.17, 15) is 0 Å². The third-order valence-corrected chi connectivity index (χ3v) is 7.35. The zero-order valence-corrected chi connectivity index (χ0v) is 22.4. The van der Waals surface area contributed by atoms with Crippen LogP contribution in [0.15, 0.2) is 60.7 Å². The van der Waals surface area contributed by atoms with Crippen LogP contribution in [0.5, 0.6) is 17.4 Å². The van der Waals surface area contributed by atoms with Crippen molar-refractivity contribution in [3.63, 3.8) is 0 Å². The number of anilines is 2. The van der Waals surface area contributed by atoms with E-state index in [-0.39, 0.29) is 12.8 Å². The highest BCUT2D eigenvalue weighted by atomic mass is 19.3. The average Bonchev–Trinajstić information content (AvgIpc) is 2.98. The molecule has 39 heavy (non-hydrogen) atoms. The predicted molar refractivity (Wildman–Crippen MR) is 147 cm³/mol. The Morgan fingerprint density at radius 3 is 2.18 bits per heavy atom. The molecule has 7 nitrogen and oxygen atoms in total. The number of morpholine rings is 1. The lowest BCUT2D eigenvalue weighted by Gasteiger charge is -2.42. The molecule has 2 aromatic carbocycles. The standard InChI is InChI=1S/C30H35F2N3O4/c1-36-25-8-4-22(5-9-25)18-27-30(31,32)12-3-13-35(27)28-19-24(34-14-16-38-17-15-34)20-29(33-28)39-21-23-6-10-26(37-2)11-7-23/h4-11,19-20,27H,3,12-18,21H2,1-2H3. The number of ether oxygens (including phenoxy) is 4. The number of aromatic nitrogens is 1. The number of piperidine rings is 1. The van der Waals surface area contributed by atoms with Crippen LogP contribution in [-0.2, 0) is 17.8 Å². The van der Waals surface area contributed by atoms with Crippen LogP contribution < -0.4 is 24.0 Å². The van der Waals surface area contributed by atoms with E-state index in [1.807, 2.05) is 60.7 Å². The molecular weight excluding hydrogens is 504 g/mol. The van der Waals surface area contributed by atoms with Gasteiger partial charge in [-0.05, 0) is 48.2 Å². The Morgan fingerprint density at radius 1 is 0.897 bits per heavy atom. The fourth-order valence-corrected chi connectivity index (χ4v) is 5.14. The first kappa shape index (κ1) is 27.0. The second kappa shape index (κ2) is 12.1. The predicted octanol–water partition coefficient (Wildman–Crippen LogP) is 5.36. The van der Waals surface area contributed by atoms with E-state index in [4.69, 9.17) is 23.9 Å². The van der Waals surface area contributed by atoms with Crippen LogP contribution in [-0.4, -0.2) is 64.0 Å². The van der Waals surface area contributed by atoms with Gasteiger partial charge in [0.25, 0.3) is 5.92 Å². The Labute approximate surface area is 228 Å². The minimum atomic E-state index is -2.86. The molecule has 2 aliphatic rings. The molecule has 1 unspecified atom stereocenters. The van der Waals surface area contributed by atoms with Gasteiger partial charge >= 0.3 is 0 Å². The molecule has 9 heteroatoms. The molecule has 0 aliphatic carbocycles. The van der Waals surface area contributed by atoms with E-state index < -0.39 is 12.0 Å². The maximum Gasteiger partial charge on any atom is 0.268 e. The number of methoxy groups -OCH3 is 2. The van der Waals surface area contributed by atoms with Gasteiger partial charge in [0.2, 0.25) is 5.88 Å². The van der Waals surface area contributed by atoms with Crippen LogP contribution in [0.2, 0.25) is 0 Å². The summed E-state index contributed by atoms with van der Waals surface area (Å²) in [7, 11) is 3.22. The van der Waals surface area contributed by atoms with Gasteiger partial charge in [-0.2, -0.15) is 4.98 Å². The summed E-state index contributed by atoms with van der Waals surface area (Å²) in [5, 5.41) is 0. The monoisotopic (exact) mass is 539 g/mol. The highest BCUT2D eigenvalue weighted by Gasteiger charge is 2.46. The van der Waals surface area contributed by atoms with E-state index >= 15 is 8.78 Å². The van der Waals surface area contributed by atoms with E-state index in [1.54, 1.807) is 19.1 Å². The summed E-state index contributed by atoms with van der Waals surface area (Å²) in [5.74, 6) is -0.491. The van der Waals surface area contributed by atoms with Gasteiger partial charge in [-0.15, -0.1) is 0 Å². The molecular formula is C30H35F2N3O4. The minimum Gasteiger partial charge on any atom is -0.497 e. The molecule has 2 saturated heterocycles. The zero-order valence-electron chi connectivity index (χ0n) is 22.4. The van der Waals surface area contributed by atoms with Crippen molar-refractivity contribution in [3.8, 4) is 17.4 Å². The molecule has 1 atom stereocenters. The van der Waals surface area contributed by atoms with Crippen LogP contribution in [0, 0.1) is 0 Å². The second-order valence-corrected chi connectivity index (χ2v) is 9.88. The zero-order chi connectivity index (χ0) is 27.2. The van der Waals surface area contributed by atoms with Crippen LogP contribution >= 0.6 is 0 Å². The molecule has 208 valence electrons. The first-order valence-electron chi connectivity index (χ1n) is 13.3. The van der Waals surface area contributed by atoms with Gasteiger partial charge < -0.3 is 28.7 Å². The maximum atomic E-state index is 15.5. The second-order valence-electron chi connectivity index (χ2n) is 9.88. The number of nitrogens with zero attached hydrogens (tertiary/aromatic N) is 3. The summed E-state index contributed by atoms with van der Waals surface area (Å²) in [6.45, 7) is 3.45. The van der Waals surface area contributed by atoms with Gasteiger partial charge in [-0.25, -0.2) is 8.78 Å². The Morgan fingerprint density at radius 2 is 1.54 bits per heavy atom. The number of alkyl halides is 2. The van der Waals surface area contributed by atoms with Crippen molar-refractivity contribution in [2.24, 2.45) is 0 Å². The molecule has 0 spiro atoms. The Bertz CT molecular complexity index is 1220. The molecule has 2 fully saturated rings. The fourth-order valence-electron chi connectivity index (χ4n) is 5.14. The number of pyridine rings is 1. The number of halogens is 2. The highest BCUT2D eigenvalue weighted by molar-refractivity contribution is 5.59. The van der Waals surface area contributed by atoms with Crippen LogP contribution in [0.25, 0.3) is 0 Å². The lowest BCUT2D eigenvalue weighted by atomic mass is 9.92. The molecule has 0 amide bonds. The van der Waals surface area contributed by atoms with Crippen LogP contribution in [0.3, 0.4) is 0 Å². The van der Waals surface area contributed by atoms with Crippen molar-refractivity contribution in [3.05, 3.63) is 71.8 Å². The van der Waals surface area contributed by atoms with Gasteiger partial charge in [-0.3, -0.25) is 0 Å². The molecule has 5 rings (SSSR count). The van der Waals surface area contributed by atoms with E-state index in [0.717, 1.165) is 22.6 Å². The van der Waals surface area contributed by atoms with Crippen LogP contribution in [0.4, 0.5) is 20.3 Å². The lowest BCUT2D eigenvalue weighted by molar-refractivity contribution is -0.0485. The summed E-state index contributed by atoms with van der Waals surface area (Å²) in [4.78, 5) is 8.71. The quantitative estimate of drug-likeness (QED) is 0.363. The molecule has 3 heterocycles. The minimum absolute atomic E-state index is 0.145. The fraction of sp³-hybridized carbons (Fsp3) is 0.433. The summed E-state index contributed by atoms with van der Waals surface area (Å²) in [6, 6.07) is 17.7. The van der Waals surface area contributed by atoms with E-state index in [2.05, 4.69) is 4.90 Å². The van der Waals surface area contributed by atoms with Crippen molar-refractivity contribution < 1.29 is 27.7 Å². The van der Waals surface area contributed by atoms with E-state index in [1.165, 1.54) is 0 Å². The summed E-state index contributed by atoms with van der Waals surface area (Å²) >= 11 is 0. The summed E-state index contributed by atoms with van der Waals surface area (Å²) in [5.41, 5.74) is 2.68. The lowest BCUT2D eigenvalue weighted by Crippen LogP contribution is -2.54. The first-order chi connectivity index (χ1) is 18.9. The topological polar surface area (TPSA) is 56.3 Å². The summed E-state index contributed by atoms with van der Waals surface area (Å²) in [6.07, 6.45) is 0.439. The molecule has 2 aliphatic heterocycles. The van der Waals surface area contributed by atoms with Crippen molar-refractivity contribution in [2.45, 2.75) is 37.8 Å². The smallest absolute Gasteiger partial charge is 0.268 e. The summed E-state index contributed by atoms with van der Waals surface area (Å²) < 4.78 is 53.0. The molecule has 0 radical (unpaired) electrons. The third kappa shape index (κ3) is 6.53. The molecule has 0 N–H and O–H groups in total. The van der Waals surface area contributed by atoms with Crippen LogP contribution in [0.1, 0.15) is 24.0 Å². The normalized spacial score (nSPS) is 19.0. The Hall–Kier alpha value is -3.59. The number of hydrogen-bond acceptors (Lipinski definition) is 7. The van der Waals surface area contributed by atoms with Crippen molar-refractivity contribution in [1.29, 1.82) is 0 Å².